The molecule has 0 aromatic heterocycles. The van der Waals surface area contributed by atoms with Gasteiger partial charge in [0.25, 0.3) is 0 Å². The summed E-state index contributed by atoms with van der Waals surface area (Å²) in [6.07, 6.45) is 3.71. The number of thiocarbonyl (C=S) groups is 1. The summed E-state index contributed by atoms with van der Waals surface area (Å²) in [6, 6.07) is 4.70. The Kier molecular flexibility index (Phi) is 5.28. The number of carbonyl (C=O) groups excluding carboxylic acids is 1. The molecule has 1 aromatic carbocycles. The van der Waals surface area contributed by atoms with E-state index in [1.54, 1.807) is 12.1 Å². The van der Waals surface area contributed by atoms with E-state index in [0.29, 0.717) is 18.9 Å². The quantitative estimate of drug-likeness (QED) is 0.870. The van der Waals surface area contributed by atoms with Gasteiger partial charge in [0.1, 0.15) is 10.8 Å². The Balaban J connectivity index is 2.12. The van der Waals surface area contributed by atoms with Crippen LogP contribution in [0, 0.1) is 11.7 Å². The monoisotopic (exact) mass is 308 g/mol. The van der Waals surface area contributed by atoms with Gasteiger partial charge in [-0.3, -0.25) is 4.79 Å². The number of hydrogen-bond donors (Lipinski definition) is 1. The summed E-state index contributed by atoms with van der Waals surface area (Å²) in [5.74, 6) is 0.381. The molecule has 1 heterocycles. The van der Waals surface area contributed by atoms with Crippen LogP contribution in [0.2, 0.25) is 0 Å². The molecular weight excluding hydrogens is 287 g/mol. The van der Waals surface area contributed by atoms with Gasteiger partial charge < -0.3 is 10.6 Å². The van der Waals surface area contributed by atoms with E-state index in [0.717, 1.165) is 31.4 Å². The van der Waals surface area contributed by atoms with Crippen LogP contribution in [0.5, 0.6) is 0 Å². The third-order valence-corrected chi connectivity index (χ3v) is 4.39. The van der Waals surface area contributed by atoms with Crippen molar-refractivity contribution in [3.05, 3.63) is 35.1 Å². The normalized spacial score (nSPS) is 19.4. The second kappa shape index (κ2) is 6.98. The number of benzene rings is 1. The van der Waals surface area contributed by atoms with E-state index in [1.165, 1.54) is 6.07 Å². The lowest BCUT2D eigenvalue weighted by atomic mass is 9.98. The van der Waals surface area contributed by atoms with E-state index in [9.17, 15) is 9.18 Å². The van der Waals surface area contributed by atoms with E-state index >= 15 is 0 Å². The zero-order valence-electron chi connectivity index (χ0n) is 12.3. The van der Waals surface area contributed by atoms with Crippen molar-refractivity contribution >= 4 is 23.1 Å². The standard InChI is InChI=1S/C16H21FN2OS/c1-2-11-4-6-15(20)19(8-7-11)10-12-3-5-14(17)13(9-12)16(18)21/h3,5,9,11H,2,4,6-8,10H2,1H3,(H2,18,21). The highest BCUT2D eigenvalue weighted by Gasteiger charge is 2.21. The molecule has 2 N–H and O–H groups in total. The van der Waals surface area contributed by atoms with E-state index in [-0.39, 0.29) is 16.5 Å². The zero-order chi connectivity index (χ0) is 15.4. The molecule has 1 aromatic rings. The van der Waals surface area contributed by atoms with Crippen LogP contribution in [0.25, 0.3) is 0 Å². The molecule has 114 valence electrons. The fraction of sp³-hybridized carbons (Fsp3) is 0.500. The van der Waals surface area contributed by atoms with Crippen LogP contribution in [0.4, 0.5) is 4.39 Å². The summed E-state index contributed by atoms with van der Waals surface area (Å²) in [7, 11) is 0. The first-order chi connectivity index (χ1) is 10.0. The van der Waals surface area contributed by atoms with E-state index in [4.69, 9.17) is 18.0 Å². The number of amides is 1. The molecule has 0 bridgehead atoms. The van der Waals surface area contributed by atoms with Crippen molar-refractivity contribution in [1.82, 2.24) is 4.90 Å². The lowest BCUT2D eigenvalue weighted by Gasteiger charge is -2.21. The fourth-order valence-electron chi connectivity index (χ4n) is 2.75. The molecule has 0 aliphatic carbocycles. The number of nitrogens with two attached hydrogens (primary N) is 1. The maximum Gasteiger partial charge on any atom is 0.222 e. The maximum atomic E-state index is 13.6. The first-order valence-corrected chi connectivity index (χ1v) is 7.78. The first-order valence-electron chi connectivity index (χ1n) is 7.37. The van der Waals surface area contributed by atoms with Crippen molar-refractivity contribution < 1.29 is 9.18 Å². The Hall–Kier alpha value is -1.49. The van der Waals surface area contributed by atoms with Crippen molar-refractivity contribution in [2.45, 2.75) is 39.2 Å². The lowest BCUT2D eigenvalue weighted by molar-refractivity contribution is -0.131. The second-order valence-corrected chi connectivity index (χ2v) is 6.04. The van der Waals surface area contributed by atoms with Crippen molar-refractivity contribution in [1.29, 1.82) is 0 Å². The number of likely N-dealkylation sites (tertiary alicyclic amines) is 1. The Labute approximate surface area is 130 Å². The second-order valence-electron chi connectivity index (χ2n) is 5.60. The molecule has 5 heteroatoms. The van der Waals surface area contributed by atoms with Crippen LogP contribution >= 0.6 is 12.2 Å². The van der Waals surface area contributed by atoms with Crippen LogP contribution in [0.3, 0.4) is 0 Å². The predicted octanol–water partition coefficient (Wildman–Crippen LogP) is 3.00. The Morgan fingerprint density at radius 3 is 2.90 bits per heavy atom. The van der Waals surface area contributed by atoms with Gasteiger partial charge in [0.2, 0.25) is 5.91 Å². The molecule has 1 aliphatic rings. The summed E-state index contributed by atoms with van der Waals surface area (Å²) >= 11 is 4.85. The van der Waals surface area contributed by atoms with Gasteiger partial charge in [-0.1, -0.05) is 31.6 Å². The highest BCUT2D eigenvalue weighted by atomic mass is 32.1. The van der Waals surface area contributed by atoms with Gasteiger partial charge in [-0.15, -0.1) is 0 Å². The van der Waals surface area contributed by atoms with Crippen molar-refractivity contribution in [2.24, 2.45) is 11.7 Å². The highest BCUT2D eigenvalue weighted by molar-refractivity contribution is 7.80. The SMILES string of the molecule is CCC1CCC(=O)N(Cc2ccc(F)c(C(N)=S)c2)CC1. The third kappa shape index (κ3) is 4.00. The third-order valence-electron chi connectivity index (χ3n) is 4.17. The molecule has 1 fully saturated rings. The molecule has 1 saturated heterocycles. The predicted molar refractivity (Wildman–Crippen MR) is 85.3 cm³/mol. The summed E-state index contributed by atoms with van der Waals surface area (Å²) in [4.78, 5) is 14.1. The van der Waals surface area contributed by atoms with Crippen molar-refractivity contribution in [3.8, 4) is 0 Å². The fourth-order valence-corrected chi connectivity index (χ4v) is 2.91. The zero-order valence-corrected chi connectivity index (χ0v) is 13.1. The highest BCUT2D eigenvalue weighted by Crippen LogP contribution is 2.22. The molecule has 1 atom stereocenters. The van der Waals surface area contributed by atoms with E-state index in [2.05, 4.69) is 6.92 Å². The summed E-state index contributed by atoms with van der Waals surface area (Å²) < 4.78 is 13.6. The molecular formula is C16H21FN2OS. The summed E-state index contributed by atoms with van der Waals surface area (Å²) in [5.41, 5.74) is 6.63. The van der Waals surface area contributed by atoms with Gasteiger partial charge in [0.15, 0.2) is 0 Å². The van der Waals surface area contributed by atoms with Gasteiger partial charge in [0.05, 0.1) is 0 Å². The average molecular weight is 308 g/mol. The topological polar surface area (TPSA) is 46.3 Å². The molecule has 0 saturated carbocycles. The van der Waals surface area contributed by atoms with Crippen LogP contribution in [0.1, 0.15) is 43.7 Å². The molecule has 2 rings (SSSR count). The molecule has 1 amide bonds. The summed E-state index contributed by atoms with van der Waals surface area (Å²) in [5, 5.41) is 0. The lowest BCUT2D eigenvalue weighted by Crippen LogP contribution is -2.30. The van der Waals surface area contributed by atoms with Crippen LogP contribution < -0.4 is 5.73 Å². The van der Waals surface area contributed by atoms with E-state index < -0.39 is 5.82 Å². The molecule has 21 heavy (non-hydrogen) atoms. The Bertz CT molecular complexity index is 547. The number of hydrogen-bond acceptors (Lipinski definition) is 2. The van der Waals surface area contributed by atoms with Crippen molar-refractivity contribution in [2.75, 3.05) is 6.54 Å². The van der Waals surface area contributed by atoms with Crippen LogP contribution in [-0.4, -0.2) is 22.3 Å². The van der Waals surface area contributed by atoms with Gasteiger partial charge in [-0.05, 0) is 36.5 Å². The minimum absolute atomic E-state index is 0.0441. The van der Waals surface area contributed by atoms with Crippen molar-refractivity contribution in [3.63, 3.8) is 0 Å². The molecule has 0 radical (unpaired) electrons. The molecule has 3 nitrogen and oxygen atoms in total. The van der Waals surface area contributed by atoms with E-state index in [1.807, 2.05) is 4.90 Å². The Morgan fingerprint density at radius 2 is 2.24 bits per heavy atom. The summed E-state index contributed by atoms with van der Waals surface area (Å²) in [6.45, 7) is 3.42. The Morgan fingerprint density at radius 1 is 1.48 bits per heavy atom. The maximum absolute atomic E-state index is 13.6. The van der Waals surface area contributed by atoms with Gasteiger partial charge in [-0.25, -0.2) is 4.39 Å². The minimum Gasteiger partial charge on any atom is -0.389 e. The van der Waals surface area contributed by atoms with Gasteiger partial charge in [0, 0.05) is 25.1 Å². The molecule has 1 aliphatic heterocycles. The van der Waals surface area contributed by atoms with Gasteiger partial charge >= 0.3 is 0 Å². The number of nitrogens with zero attached hydrogens (tertiary/aromatic N) is 1. The minimum atomic E-state index is -0.417. The largest absolute Gasteiger partial charge is 0.389 e. The number of rotatable bonds is 4. The van der Waals surface area contributed by atoms with Crippen LogP contribution in [0.15, 0.2) is 18.2 Å². The molecule has 1 unspecified atom stereocenters. The van der Waals surface area contributed by atoms with Crippen LogP contribution in [-0.2, 0) is 11.3 Å². The average Bonchev–Trinajstić information content (AvgIpc) is 2.63. The smallest absolute Gasteiger partial charge is 0.222 e. The first kappa shape index (κ1) is 15.9. The number of halogens is 1. The van der Waals surface area contributed by atoms with Gasteiger partial charge in [-0.2, -0.15) is 0 Å². The number of carbonyl (C=O) groups is 1. The molecule has 0 spiro atoms.